The van der Waals surface area contributed by atoms with Crippen LogP contribution in [0.3, 0.4) is 0 Å². The molecule has 1 aromatic rings. The summed E-state index contributed by atoms with van der Waals surface area (Å²) < 4.78 is 18.7. The third kappa shape index (κ3) is 6.44. The van der Waals surface area contributed by atoms with Crippen LogP contribution in [0.4, 0.5) is 10.1 Å². The van der Waals surface area contributed by atoms with Gasteiger partial charge in [0.2, 0.25) is 5.91 Å². The second-order valence-electron chi connectivity index (χ2n) is 9.66. The van der Waals surface area contributed by atoms with Gasteiger partial charge in [-0.3, -0.25) is 9.59 Å². The van der Waals surface area contributed by atoms with Crippen LogP contribution in [0.5, 0.6) is 0 Å². The van der Waals surface area contributed by atoms with Gasteiger partial charge in [0.1, 0.15) is 11.4 Å². The minimum atomic E-state index is -0.543. The van der Waals surface area contributed by atoms with Crippen molar-refractivity contribution >= 4 is 17.6 Å². The van der Waals surface area contributed by atoms with Crippen molar-refractivity contribution in [1.82, 2.24) is 4.90 Å². The Labute approximate surface area is 179 Å². The highest BCUT2D eigenvalue weighted by Crippen LogP contribution is 2.33. The first-order valence-electron chi connectivity index (χ1n) is 11.2. The van der Waals surface area contributed by atoms with E-state index in [-0.39, 0.29) is 30.0 Å². The standard InChI is InChI=1S/C24H35FN2O3/c1-24(2,3)30-22(28)17-19(16-18-6-4-5-7-18)23(29)27-14-12-26(13-15-27)21-10-8-20(25)9-11-21/h8-11,18-19H,4-7,12-17H2,1-3H3/t19-/m1/s1. The van der Waals surface area contributed by atoms with Gasteiger partial charge in [-0.2, -0.15) is 0 Å². The summed E-state index contributed by atoms with van der Waals surface area (Å²) in [6.07, 6.45) is 5.66. The molecule has 1 aliphatic heterocycles. The van der Waals surface area contributed by atoms with Crippen LogP contribution in [0.15, 0.2) is 24.3 Å². The molecule has 1 aromatic carbocycles. The second kappa shape index (κ2) is 9.80. The smallest absolute Gasteiger partial charge is 0.307 e. The minimum Gasteiger partial charge on any atom is -0.460 e. The van der Waals surface area contributed by atoms with Crippen molar-refractivity contribution in [3.8, 4) is 0 Å². The van der Waals surface area contributed by atoms with E-state index in [0.29, 0.717) is 32.1 Å². The molecule has 30 heavy (non-hydrogen) atoms. The zero-order valence-corrected chi connectivity index (χ0v) is 18.5. The Morgan fingerprint density at radius 2 is 1.67 bits per heavy atom. The van der Waals surface area contributed by atoms with Crippen molar-refractivity contribution in [2.24, 2.45) is 11.8 Å². The van der Waals surface area contributed by atoms with Gasteiger partial charge in [-0.25, -0.2) is 4.39 Å². The Bertz CT molecular complexity index is 715. The topological polar surface area (TPSA) is 49.9 Å². The average Bonchev–Trinajstić information content (AvgIpc) is 3.19. The number of hydrogen-bond acceptors (Lipinski definition) is 4. The van der Waals surface area contributed by atoms with Crippen molar-refractivity contribution in [3.63, 3.8) is 0 Å². The van der Waals surface area contributed by atoms with Gasteiger partial charge < -0.3 is 14.5 Å². The van der Waals surface area contributed by atoms with Gasteiger partial charge >= 0.3 is 5.97 Å². The molecule has 0 bridgehead atoms. The maximum Gasteiger partial charge on any atom is 0.307 e. The van der Waals surface area contributed by atoms with E-state index in [2.05, 4.69) is 4.90 Å². The van der Waals surface area contributed by atoms with Crippen LogP contribution in [0.1, 0.15) is 59.3 Å². The Hall–Kier alpha value is -2.11. The van der Waals surface area contributed by atoms with Crippen LogP contribution in [0.25, 0.3) is 0 Å². The SMILES string of the molecule is CC(C)(C)OC(=O)C[C@@H](CC1CCCC1)C(=O)N1CCN(c2ccc(F)cc2)CC1. The summed E-state index contributed by atoms with van der Waals surface area (Å²) in [6, 6.07) is 6.48. The predicted molar refractivity (Wildman–Crippen MR) is 116 cm³/mol. The zero-order valence-electron chi connectivity index (χ0n) is 18.5. The Balaban J connectivity index is 1.60. The fourth-order valence-corrected chi connectivity index (χ4v) is 4.60. The lowest BCUT2D eigenvalue weighted by Crippen LogP contribution is -2.51. The van der Waals surface area contributed by atoms with E-state index in [1.807, 2.05) is 25.7 Å². The molecule has 2 fully saturated rings. The van der Waals surface area contributed by atoms with Gasteiger partial charge in [0.25, 0.3) is 0 Å². The van der Waals surface area contributed by atoms with E-state index in [1.54, 1.807) is 12.1 Å². The first-order chi connectivity index (χ1) is 14.2. The Morgan fingerprint density at radius 3 is 2.23 bits per heavy atom. The van der Waals surface area contributed by atoms with Crippen LogP contribution < -0.4 is 4.90 Å². The average molecular weight is 419 g/mol. The van der Waals surface area contributed by atoms with Gasteiger partial charge in [-0.15, -0.1) is 0 Å². The second-order valence-corrected chi connectivity index (χ2v) is 9.66. The van der Waals surface area contributed by atoms with Crippen molar-refractivity contribution in [2.45, 2.75) is 64.9 Å². The molecule has 166 valence electrons. The van der Waals surface area contributed by atoms with E-state index in [1.165, 1.54) is 25.0 Å². The summed E-state index contributed by atoms with van der Waals surface area (Å²) in [5.74, 6) is -0.234. The van der Waals surface area contributed by atoms with Crippen LogP contribution in [0.2, 0.25) is 0 Å². The lowest BCUT2D eigenvalue weighted by Gasteiger charge is -2.38. The highest BCUT2D eigenvalue weighted by atomic mass is 19.1. The molecular formula is C24H35FN2O3. The molecule has 1 amide bonds. The first-order valence-corrected chi connectivity index (χ1v) is 11.2. The van der Waals surface area contributed by atoms with Crippen LogP contribution in [0, 0.1) is 17.7 Å². The molecule has 0 radical (unpaired) electrons. The number of halogens is 1. The summed E-state index contributed by atoms with van der Waals surface area (Å²) in [7, 11) is 0. The predicted octanol–water partition coefficient (Wildman–Crippen LogP) is 4.40. The summed E-state index contributed by atoms with van der Waals surface area (Å²) >= 11 is 0. The van der Waals surface area contributed by atoms with E-state index in [9.17, 15) is 14.0 Å². The van der Waals surface area contributed by atoms with Gasteiger partial charge in [-0.05, 0) is 57.4 Å². The molecule has 1 atom stereocenters. The van der Waals surface area contributed by atoms with E-state index >= 15 is 0 Å². The Kier molecular flexibility index (Phi) is 7.37. The van der Waals surface area contributed by atoms with Crippen molar-refractivity contribution in [3.05, 3.63) is 30.1 Å². The number of benzene rings is 1. The number of esters is 1. The Morgan fingerprint density at radius 1 is 1.07 bits per heavy atom. The van der Waals surface area contributed by atoms with E-state index in [0.717, 1.165) is 24.9 Å². The number of carbonyl (C=O) groups excluding carboxylic acids is 2. The molecular weight excluding hydrogens is 383 g/mol. The largest absolute Gasteiger partial charge is 0.460 e. The third-order valence-electron chi connectivity index (χ3n) is 6.06. The fraction of sp³-hybridized carbons (Fsp3) is 0.667. The number of ether oxygens (including phenoxy) is 1. The molecule has 1 saturated heterocycles. The number of rotatable bonds is 6. The van der Waals surface area contributed by atoms with Crippen molar-refractivity contribution < 1.29 is 18.7 Å². The fourth-order valence-electron chi connectivity index (χ4n) is 4.60. The molecule has 0 aromatic heterocycles. The van der Waals surface area contributed by atoms with Gasteiger partial charge in [0, 0.05) is 37.8 Å². The maximum atomic E-state index is 13.3. The molecule has 2 aliphatic rings. The summed E-state index contributed by atoms with van der Waals surface area (Å²) in [4.78, 5) is 29.9. The number of piperazine rings is 1. The molecule has 6 heteroatoms. The number of nitrogens with zero attached hydrogens (tertiary/aromatic N) is 2. The molecule has 5 nitrogen and oxygen atoms in total. The van der Waals surface area contributed by atoms with Crippen molar-refractivity contribution in [1.29, 1.82) is 0 Å². The molecule has 0 N–H and O–H groups in total. The molecule has 1 heterocycles. The lowest BCUT2D eigenvalue weighted by atomic mass is 9.89. The molecule has 0 spiro atoms. The molecule has 1 saturated carbocycles. The number of anilines is 1. The molecule has 1 aliphatic carbocycles. The summed E-state index contributed by atoms with van der Waals surface area (Å²) in [5.41, 5.74) is 0.429. The van der Waals surface area contributed by atoms with Crippen LogP contribution >= 0.6 is 0 Å². The molecule has 0 unspecified atom stereocenters. The normalized spacial score (nSPS) is 19.1. The van der Waals surface area contributed by atoms with Gasteiger partial charge in [0.05, 0.1) is 6.42 Å². The zero-order chi connectivity index (χ0) is 21.7. The monoisotopic (exact) mass is 418 g/mol. The third-order valence-corrected chi connectivity index (χ3v) is 6.06. The summed E-state index contributed by atoms with van der Waals surface area (Å²) in [5, 5.41) is 0. The van der Waals surface area contributed by atoms with Crippen LogP contribution in [-0.2, 0) is 14.3 Å². The lowest BCUT2D eigenvalue weighted by molar-refractivity contribution is -0.158. The number of carbonyl (C=O) groups is 2. The minimum absolute atomic E-state index is 0.0755. The highest BCUT2D eigenvalue weighted by Gasteiger charge is 2.33. The number of amides is 1. The highest BCUT2D eigenvalue weighted by molar-refractivity contribution is 5.84. The summed E-state index contributed by atoms with van der Waals surface area (Å²) in [6.45, 7) is 8.21. The quantitative estimate of drug-likeness (QED) is 0.643. The maximum absolute atomic E-state index is 13.3. The van der Waals surface area contributed by atoms with Gasteiger partial charge in [-0.1, -0.05) is 25.7 Å². The molecule has 3 rings (SSSR count). The van der Waals surface area contributed by atoms with Crippen molar-refractivity contribution in [2.75, 3.05) is 31.1 Å². The van der Waals surface area contributed by atoms with E-state index < -0.39 is 5.60 Å². The van der Waals surface area contributed by atoms with Gasteiger partial charge in [0.15, 0.2) is 0 Å². The first kappa shape index (κ1) is 22.6. The van der Waals surface area contributed by atoms with Crippen LogP contribution in [-0.4, -0.2) is 48.6 Å². The number of hydrogen-bond donors (Lipinski definition) is 0. The van der Waals surface area contributed by atoms with E-state index in [4.69, 9.17) is 4.74 Å².